The smallest absolute Gasteiger partial charge is 0.203 e. The van der Waals surface area contributed by atoms with E-state index in [1.54, 1.807) is 0 Å². The van der Waals surface area contributed by atoms with E-state index in [1.807, 2.05) is 0 Å². The van der Waals surface area contributed by atoms with Gasteiger partial charge in [-0.05, 0) is 25.2 Å². The summed E-state index contributed by atoms with van der Waals surface area (Å²) in [6.07, 6.45) is 7.53. The fraction of sp³-hybridized carbons (Fsp3) is 0.625. The lowest BCUT2D eigenvalue weighted by Gasteiger charge is -2.34. The van der Waals surface area contributed by atoms with Crippen LogP contribution in [0.3, 0.4) is 0 Å². The molecule has 0 spiro atoms. The van der Waals surface area contributed by atoms with Gasteiger partial charge in [0, 0.05) is 0 Å². The molecule has 0 aromatic heterocycles. The molecule has 0 radical (unpaired) electrons. The fourth-order valence-electron chi connectivity index (χ4n) is 2.26. The van der Waals surface area contributed by atoms with Crippen molar-refractivity contribution in [3.63, 3.8) is 0 Å². The van der Waals surface area contributed by atoms with Gasteiger partial charge in [0.1, 0.15) is 0 Å². The van der Waals surface area contributed by atoms with Crippen molar-refractivity contribution < 1.29 is 0 Å². The lowest BCUT2D eigenvalue weighted by Crippen LogP contribution is -2.55. The molecule has 5 N–H and O–H groups in total. The number of rotatable bonds is 1. The summed E-state index contributed by atoms with van der Waals surface area (Å²) < 4.78 is 0. The lowest BCUT2D eigenvalue weighted by atomic mass is 9.99. The first-order valence-corrected chi connectivity index (χ1v) is 4.22. The van der Waals surface area contributed by atoms with E-state index in [4.69, 9.17) is 17.0 Å². The molecular weight excluding hydrogens is 152 g/mol. The second-order valence-electron chi connectivity index (χ2n) is 3.72. The lowest BCUT2D eigenvalue weighted by molar-refractivity contribution is 0.237. The minimum Gasteiger partial charge on any atom is -0.369 e. The Morgan fingerprint density at radius 1 is 1.67 bits per heavy atom. The molecule has 2 rings (SSSR count). The van der Waals surface area contributed by atoms with Crippen molar-refractivity contribution in [1.29, 1.82) is 5.41 Å². The third-order valence-corrected chi connectivity index (χ3v) is 2.98. The van der Waals surface area contributed by atoms with Gasteiger partial charge in [0.05, 0.1) is 5.54 Å². The summed E-state index contributed by atoms with van der Waals surface area (Å²) in [7, 11) is 0. The Morgan fingerprint density at radius 2 is 2.42 bits per heavy atom. The van der Waals surface area contributed by atoms with Gasteiger partial charge in [0.15, 0.2) is 0 Å². The molecule has 2 bridgehead atoms. The van der Waals surface area contributed by atoms with Crippen molar-refractivity contribution in [1.82, 2.24) is 5.01 Å². The normalized spacial score (nSPS) is 37.2. The van der Waals surface area contributed by atoms with Gasteiger partial charge >= 0.3 is 0 Å². The first kappa shape index (κ1) is 7.61. The number of nitrogens with one attached hydrogen (secondary N) is 1. The van der Waals surface area contributed by atoms with Crippen LogP contribution in [-0.2, 0) is 0 Å². The molecule has 0 heterocycles. The van der Waals surface area contributed by atoms with Crippen molar-refractivity contribution in [2.75, 3.05) is 0 Å². The van der Waals surface area contributed by atoms with E-state index < -0.39 is 0 Å². The van der Waals surface area contributed by atoms with Crippen LogP contribution in [0.4, 0.5) is 0 Å². The zero-order valence-electron chi connectivity index (χ0n) is 6.96. The molecule has 66 valence electrons. The van der Waals surface area contributed by atoms with Crippen LogP contribution in [-0.4, -0.2) is 16.5 Å². The van der Waals surface area contributed by atoms with Crippen LogP contribution >= 0.6 is 0 Å². The zero-order chi connectivity index (χ0) is 8.77. The highest BCUT2D eigenvalue weighted by atomic mass is 15.5. The second-order valence-corrected chi connectivity index (χ2v) is 3.72. The SMILES string of the molecule is N=C(N)N(N)C12C=CC(CC1)C2. The maximum absolute atomic E-state index is 7.26. The molecule has 2 atom stereocenters. The van der Waals surface area contributed by atoms with Gasteiger partial charge in [0.2, 0.25) is 5.96 Å². The van der Waals surface area contributed by atoms with E-state index in [2.05, 4.69) is 12.2 Å². The number of hydrogen-bond donors (Lipinski definition) is 3. The van der Waals surface area contributed by atoms with Gasteiger partial charge in [-0.15, -0.1) is 0 Å². The van der Waals surface area contributed by atoms with Gasteiger partial charge < -0.3 is 5.73 Å². The summed E-state index contributed by atoms with van der Waals surface area (Å²) in [4.78, 5) is 0. The molecule has 2 unspecified atom stereocenters. The Hall–Kier alpha value is -1.03. The van der Waals surface area contributed by atoms with Crippen molar-refractivity contribution in [2.45, 2.75) is 24.8 Å². The largest absolute Gasteiger partial charge is 0.369 e. The van der Waals surface area contributed by atoms with Crippen LogP contribution < -0.4 is 11.6 Å². The maximum atomic E-state index is 7.26. The molecule has 4 heteroatoms. The first-order chi connectivity index (χ1) is 5.64. The standard InChI is InChI=1S/C8H14N4/c9-7(10)12(11)8-3-1-6(5-8)2-4-8/h1,3,6H,2,4-5,11H2,(H3,9,10). The highest BCUT2D eigenvalue weighted by Gasteiger charge is 2.44. The highest BCUT2D eigenvalue weighted by Crippen LogP contribution is 2.44. The molecule has 0 aromatic rings. The number of allylic oxidation sites excluding steroid dienone is 1. The summed E-state index contributed by atoms with van der Waals surface area (Å²) >= 11 is 0. The topological polar surface area (TPSA) is 79.1 Å². The van der Waals surface area contributed by atoms with Crippen LogP contribution in [0.1, 0.15) is 19.3 Å². The van der Waals surface area contributed by atoms with Crippen molar-refractivity contribution in [3.05, 3.63) is 12.2 Å². The fourth-order valence-corrected chi connectivity index (χ4v) is 2.26. The molecular formula is C8H14N4. The minimum absolute atomic E-state index is 0.0396. The zero-order valence-corrected chi connectivity index (χ0v) is 6.96. The van der Waals surface area contributed by atoms with Crippen molar-refractivity contribution in [2.24, 2.45) is 17.5 Å². The second kappa shape index (κ2) is 2.23. The Morgan fingerprint density at radius 3 is 2.75 bits per heavy atom. The molecule has 12 heavy (non-hydrogen) atoms. The van der Waals surface area contributed by atoms with Crippen LogP contribution in [0.15, 0.2) is 12.2 Å². The minimum atomic E-state index is -0.128. The van der Waals surface area contributed by atoms with E-state index in [0.29, 0.717) is 5.92 Å². The molecule has 0 saturated heterocycles. The Balaban J connectivity index is 2.22. The Kier molecular flexibility index (Phi) is 1.41. The average molecular weight is 166 g/mol. The Bertz CT molecular complexity index is 247. The first-order valence-electron chi connectivity index (χ1n) is 4.22. The number of fused-ring (bicyclic) bond motifs is 2. The third-order valence-electron chi connectivity index (χ3n) is 2.98. The molecule has 0 aliphatic heterocycles. The number of nitrogens with two attached hydrogens (primary N) is 2. The predicted octanol–water partition coefficient (Wildman–Crippen LogP) is 0.164. The molecule has 4 nitrogen and oxygen atoms in total. The number of guanidine groups is 1. The summed E-state index contributed by atoms with van der Waals surface area (Å²) in [5, 5.41) is 8.66. The van der Waals surface area contributed by atoms with Crippen LogP contribution in [0, 0.1) is 11.3 Å². The molecule has 0 aromatic carbocycles. The summed E-state index contributed by atoms with van der Waals surface area (Å²) in [5.41, 5.74) is 5.22. The van der Waals surface area contributed by atoms with Crippen molar-refractivity contribution >= 4 is 5.96 Å². The van der Waals surface area contributed by atoms with Gasteiger partial charge in [-0.2, -0.15) is 0 Å². The van der Waals surface area contributed by atoms with Crippen molar-refractivity contribution in [3.8, 4) is 0 Å². The maximum Gasteiger partial charge on any atom is 0.203 e. The van der Waals surface area contributed by atoms with Crippen LogP contribution in [0.2, 0.25) is 0 Å². The van der Waals surface area contributed by atoms with E-state index in [0.717, 1.165) is 12.8 Å². The van der Waals surface area contributed by atoms with Crippen LogP contribution in [0.5, 0.6) is 0 Å². The highest BCUT2D eigenvalue weighted by molar-refractivity contribution is 5.75. The number of hydrazine groups is 1. The summed E-state index contributed by atoms with van der Waals surface area (Å²) in [5.74, 6) is 6.35. The quantitative estimate of drug-likeness (QED) is 0.171. The predicted molar refractivity (Wildman–Crippen MR) is 47.2 cm³/mol. The number of hydrogen-bond acceptors (Lipinski definition) is 2. The molecule has 2 aliphatic carbocycles. The van der Waals surface area contributed by atoms with Crippen LogP contribution in [0.25, 0.3) is 0 Å². The summed E-state index contributed by atoms with van der Waals surface area (Å²) in [6, 6.07) is 0. The molecule has 2 aliphatic rings. The van der Waals surface area contributed by atoms with E-state index >= 15 is 0 Å². The molecule has 1 saturated carbocycles. The van der Waals surface area contributed by atoms with Gasteiger partial charge in [0.25, 0.3) is 0 Å². The molecule has 1 fully saturated rings. The van der Waals surface area contributed by atoms with Gasteiger partial charge in [-0.3, -0.25) is 10.4 Å². The monoisotopic (exact) mass is 166 g/mol. The summed E-state index contributed by atoms with van der Waals surface area (Å²) in [6.45, 7) is 0. The average Bonchev–Trinajstić information content (AvgIpc) is 2.62. The Labute approximate surface area is 71.7 Å². The van der Waals surface area contributed by atoms with E-state index in [9.17, 15) is 0 Å². The van der Waals surface area contributed by atoms with E-state index in [-0.39, 0.29) is 11.5 Å². The van der Waals surface area contributed by atoms with Gasteiger partial charge in [-0.1, -0.05) is 12.2 Å². The molecule has 0 amide bonds. The van der Waals surface area contributed by atoms with E-state index in [1.165, 1.54) is 11.4 Å². The van der Waals surface area contributed by atoms with Gasteiger partial charge in [-0.25, -0.2) is 5.84 Å². The number of nitrogens with zero attached hydrogens (tertiary/aromatic N) is 1. The third kappa shape index (κ3) is 0.845.